The molecule has 180 valence electrons. The highest BCUT2D eigenvalue weighted by Crippen LogP contribution is 2.11. The van der Waals surface area contributed by atoms with Crippen molar-refractivity contribution < 1.29 is 50.3 Å². The molecule has 0 saturated carbocycles. The minimum absolute atomic E-state index is 0. The van der Waals surface area contributed by atoms with E-state index in [0.29, 0.717) is 63.5 Å². The molecule has 11 nitrogen and oxygen atoms in total. The van der Waals surface area contributed by atoms with Gasteiger partial charge < -0.3 is 17.0 Å². The molecule has 3 fully saturated rings. The Balaban J connectivity index is 0.000000263. The van der Waals surface area contributed by atoms with Crippen molar-refractivity contribution in [2.75, 3.05) is 18.4 Å². The molecule has 3 aliphatic rings. The van der Waals surface area contributed by atoms with Crippen LogP contribution in [0.15, 0.2) is 24.8 Å². The molecule has 0 bridgehead atoms. The summed E-state index contributed by atoms with van der Waals surface area (Å²) in [7, 11) is 0. The van der Waals surface area contributed by atoms with E-state index in [1.807, 2.05) is 16.8 Å². The Labute approximate surface area is 209 Å². The van der Waals surface area contributed by atoms with Crippen LogP contribution in [0.25, 0.3) is 0 Å². The molecular weight excluding hydrogens is 566 g/mol. The third kappa shape index (κ3) is 9.46. The second-order valence-corrected chi connectivity index (χ2v) is 7.82. The Hall–Kier alpha value is -2.54. The molecular formula is C20H25Br2N5O6. The average Bonchev–Trinajstić information content (AvgIpc) is 3.42. The molecule has 4 heterocycles. The van der Waals surface area contributed by atoms with Gasteiger partial charge in [-0.1, -0.05) is 20.9 Å². The van der Waals surface area contributed by atoms with Crippen LogP contribution in [0.3, 0.4) is 0 Å². The summed E-state index contributed by atoms with van der Waals surface area (Å²) in [4.78, 5) is 71.1. The third-order valence-electron chi connectivity index (χ3n) is 4.72. The SMILES string of the molecule is O=C1CCC(=O)N1.O=C1CCC(=O)N1CCBr.O=C1CCC(=O)N1CC[n+]1cccnc1.[Br-]. The molecule has 0 radical (unpaired) electrons. The molecule has 13 heteroatoms. The fraction of sp³-hybridized carbons (Fsp3) is 0.500. The summed E-state index contributed by atoms with van der Waals surface area (Å²) in [5.41, 5.74) is 0. The summed E-state index contributed by atoms with van der Waals surface area (Å²) in [5.74, 6) is -0.502. The molecule has 0 unspecified atom stereocenters. The van der Waals surface area contributed by atoms with Crippen molar-refractivity contribution in [3.63, 3.8) is 0 Å². The first-order chi connectivity index (χ1) is 15.3. The van der Waals surface area contributed by atoms with Crippen LogP contribution in [0.1, 0.15) is 38.5 Å². The lowest BCUT2D eigenvalue weighted by atomic mass is 10.4. The smallest absolute Gasteiger partial charge is 0.286 e. The summed E-state index contributed by atoms with van der Waals surface area (Å²) >= 11 is 3.17. The fourth-order valence-corrected chi connectivity index (χ4v) is 3.40. The predicted molar refractivity (Wildman–Crippen MR) is 113 cm³/mol. The van der Waals surface area contributed by atoms with E-state index in [-0.39, 0.29) is 52.4 Å². The van der Waals surface area contributed by atoms with E-state index in [0.717, 1.165) is 0 Å². The molecule has 0 aliphatic carbocycles. The number of nitrogens with one attached hydrogen (secondary N) is 1. The molecule has 1 aromatic rings. The lowest BCUT2D eigenvalue weighted by Crippen LogP contribution is -3.00. The van der Waals surface area contributed by atoms with Gasteiger partial charge in [-0.15, -0.1) is 0 Å². The maximum atomic E-state index is 11.3. The Morgan fingerprint density at radius 3 is 1.67 bits per heavy atom. The molecule has 33 heavy (non-hydrogen) atoms. The number of imide groups is 3. The van der Waals surface area contributed by atoms with Gasteiger partial charge in [0.25, 0.3) is 6.33 Å². The maximum Gasteiger partial charge on any atom is 0.286 e. The van der Waals surface area contributed by atoms with Gasteiger partial charge in [-0.3, -0.25) is 43.9 Å². The number of alkyl halides is 1. The topological polar surface area (TPSA) is 138 Å². The number of carbonyl (C=O) groups is 6. The zero-order valence-corrected chi connectivity index (χ0v) is 21.0. The van der Waals surface area contributed by atoms with E-state index in [2.05, 4.69) is 26.2 Å². The van der Waals surface area contributed by atoms with E-state index < -0.39 is 0 Å². The normalized spacial score (nSPS) is 17.2. The van der Waals surface area contributed by atoms with Crippen LogP contribution in [0.5, 0.6) is 0 Å². The quantitative estimate of drug-likeness (QED) is 0.213. The number of amides is 6. The van der Waals surface area contributed by atoms with Gasteiger partial charge in [-0.05, 0) is 0 Å². The van der Waals surface area contributed by atoms with Crippen LogP contribution in [-0.4, -0.2) is 68.6 Å². The van der Waals surface area contributed by atoms with Crippen LogP contribution in [0.2, 0.25) is 0 Å². The largest absolute Gasteiger partial charge is 1.00 e. The van der Waals surface area contributed by atoms with Crippen LogP contribution in [-0.2, 0) is 35.3 Å². The standard InChI is InChI=1S/C10H12N3O2.C6H8BrNO2.C4H5NO2.BrH/c14-9-2-3-10(15)13(9)7-6-12-5-1-4-11-8-12;7-3-4-8-5(9)1-2-6(8)10;6-3-1-2-4(7)5-3;/h1,4-5,8H,2-3,6-7H2;1-4H2;1-2H2,(H,5,6,7);1H/q+1;;;/p-1. The van der Waals surface area contributed by atoms with Crippen LogP contribution >= 0.6 is 15.9 Å². The number of rotatable bonds is 5. The highest BCUT2D eigenvalue weighted by Gasteiger charge is 2.29. The summed E-state index contributed by atoms with van der Waals surface area (Å²) in [5, 5.41) is 2.81. The minimum Gasteiger partial charge on any atom is -1.00 e. The number of nitrogens with zero attached hydrogens (tertiary/aromatic N) is 4. The van der Waals surface area contributed by atoms with Gasteiger partial charge in [0.05, 0.1) is 12.7 Å². The van der Waals surface area contributed by atoms with E-state index in [1.165, 1.54) is 9.80 Å². The number of aromatic nitrogens is 2. The summed E-state index contributed by atoms with van der Waals surface area (Å²) in [6, 6.07) is 1.81. The first kappa shape index (κ1) is 28.5. The monoisotopic (exact) mass is 589 g/mol. The van der Waals surface area contributed by atoms with Crippen LogP contribution in [0.4, 0.5) is 0 Å². The van der Waals surface area contributed by atoms with Crippen molar-refractivity contribution in [2.24, 2.45) is 0 Å². The molecule has 3 aliphatic heterocycles. The van der Waals surface area contributed by atoms with Gasteiger partial charge >= 0.3 is 0 Å². The van der Waals surface area contributed by atoms with E-state index >= 15 is 0 Å². The predicted octanol–water partition coefficient (Wildman–Crippen LogP) is -3.52. The van der Waals surface area contributed by atoms with Gasteiger partial charge in [0.2, 0.25) is 35.4 Å². The van der Waals surface area contributed by atoms with Crippen molar-refractivity contribution in [2.45, 2.75) is 45.1 Å². The number of hydrogen-bond acceptors (Lipinski definition) is 7. The van der Waals surface area contributed by atoms with Crippen molar-refractivity contribution in [3.05, 3.63) is 24.8 Å². The van der Waals surface area contributed by atoms with Crippen molar-refractivity contribution >= 4 is 51.4 Å². The second-order valence-electron chi connectivity index (χ2n) is 7.03. The third-order valence-corrected chi connectivity index (χ3v) is 5.08. The molecule has 1 aromatic heterocycles. The van der Waals surface area contributed by atoms with Gasteiger partial charge in [0, 0.05) is 56.5 Å². The molecule has 0 spiro atoms. The Morgan fingerprint density at radius 2 is 1.30 bits per heavy atom. The zero-order chi connectivity index (χ0) is 23.5. The van der Waals surface area contributed by atoms with Crippen LogP contribution < -0.4 is 26.9 Å². The number of hydrogen-bond donors (Lipinski definition) is 1. The minimum atomic E-state index is -0.148. The molecule has 6 amide bonds. The maximum absolute atomic E-state index is 11.3. The summed E-state index contributed by atoms with van der Waals surface area (Å²) < 4.78 is 1.85. The van der Waals surface area contributed by atoms with Crippen molar-refractivity contribution in [3.8, 4) is 0 Å². The lowest BCUT2D eigenvalue weighted by Gasteiger charge is -2.11. The van der Waals surface area contributed by atoms with Crippen molar-refractivity contribution in [1.82, 2.24) is 20.1 Å². The highest BCUT2D eigenvalue weighted by atomic mass is 79.9. The number of carbonyl (C=O) groups excluding carboxylic acids is 6. The van der Waals surface area contributed by atoms with Gasteiger partial charge in [-0.25, -0.2) is 4.57 Å². The number of likely N-dealkylation sites (tertiary alicyclic amines) is 2. The lowest BCUT2D eigenvalue weighted by molar-refractivity contribution is -0.698. The Bertz CT molecular complexity index is 837. The average molecular weight is 591 g/mol. The highest BCUT2D eigenvalue weighted by molar-refractivity contribution is 9.09. The number of halogens is 2. The van der Waals surface area contributed by atoms with Gasteiger partial charge in [0.15, 0.2) is 0 Å². The van der Waals surface area contributed by atoms with Crippen LogP contribution in [0, 0.1) is 0 Å². The Morgan fingerprint density at radius 1 is 0.818 bits per heavy atom. The summed E-state index contributed by atoms with van der Waals surface area (Å²) in [6.07, 6.45) is 7.47. The van der Waals surface area contributed by atoms with E-state index in [1.54, 1.807) is 12.5 Å². The second kappa shape index (κ2) is 14.6. The van der Waals surface area contributed by atoms with Gasteiger partial charge in [0.1, 0.15) is 12.7 Å². The Kier molecular flexibility index (Phi) is 12.6. The molecule has 4 rings (SSSR count). The molecule has 0 aromatic carbocycles. The molecule has 1 N–H and O–H groups in total. The molecule has 3 saturated heterocycles. The molecule has 0 atom stereocenters. The first-order valence-electron chi connectivity index (χ1n) is 10.2. The summed E-state index contributed by atoms with van der Waals surface area (Å²) in [6.45, 7) is 1.55. The van der Waals surface area contributed by atoms with E-state index in [4.69, 9.17) is 0 Å². The van der Waals surface area contributed by atoms with Crippen molar-refractivity contribution in [1.29, 1.82) is 0 Å². The fourth-order valence-electron chi connectivity index (χ4n) is 3.05. The zero-order valence-electron chi connectivity index (χ0n) is 17.9. The van der Waals surface area contributed by atoms with E-state index in [9.17, 15) is 28.8 Å². The first-order valence-corrected chi connectivity index (χ1v) is 11.3. The van der Waals surface area contributed by atoms with Gasteiger partial charge in [-0.2, -0.15) is 0 Å².